The Kier molecular flexibility index (Phi) is 4.83. The number of hydrazone groups is 1. The van der Waals surface area contributed by atoms with Gasteiger partial charge in [0.05, 0.1) is 11.7 Å². The summed E-state index contributed by atoms with van der Waals surface area (Å²) in [6, 6.07) is 9.72. The molecule has 1 aliphatic rings. The molecular formula is C16H23N3O2. The first-order chi connectivity index (χ1) is 9.96. The monoisotopic (exact) mass is 289 g/mol. The maximum Gasteiger partial charge on any atom is 0.410 e. The van der Waals surface area contributed by atoms with Crippen molar-refractivity contribution in [2.45, 2.75) is 45.3 Å². The van der Waals surface area contributed by atoms with Crippen LogP contribution in [0.5, 0.6) is 0 Å². The van der Waals surface area contributed by atoms with Crippen molar-refractivity contribution in [1.82, 2.24) is 4.90 Å². The van der Waals surface area contributed by atoms with Gasteiger partial charge in [-0.25, -0.2) is 4.79 Å². The van der Waals surface area contributed by atoms with Crippen LogP contribution in [0.1, 0.15) is 33.6 Å². The summed E-state index contributed by atoms with van der Waals surface area (Å²) in [5, 5.41) is 4.23. The van der Waals surface area contributed by atoms with Gasteiger partial charge in [-0.3, -0.25) is 5.43 Å². The Morgan fingerprint density at radius 2 is 2.10 bits per heavy atom. The molecule has 1 atom stereocenters. The number of hydrogen-bond donors (Lipinski definition) is 1. The molecule has 5 heteroatoms. The average Bonchev–Trinajstić information content (AvgIpc) is 2.86. The van der Waals surface area contributed by atoms with E-state index in [0.717, 1.165) is 25.1 Å². The molecule has 1 fully saturated rings. The third-order valence-corrected chi connectivity index (χ3v) is 3.14. The lowest BCUT2D eigenvalue weighted by Gasteiger charge is -2.26. The van der Waals surface area contributed by atoms with Crippen molar-refractivity contribution in [2.75, 3.05) is 12.0 Å². The Morgan fingerprint density at radius 1 is 1.38 bits per heavy atom. The minimum absolute atomic E-state index is 0.00365. The highest BCUT2D eigenvalue weighted by Gasteiger charge is 2.31. The number of amides is 1. The van der Waals surface area contributed by atoms with Crippen molar-refractivity contribution < 1.29 is 9.53 Å². The smallest absolute Gasteiger partial charge is 0.410 e. The predicted octanol–water partition coefficient (Wildman–Crippen LogP) is 3.48. The van der Waals surface area contributed by atoms with E-state index in [2.05, 4.69) is 10.5 Å². The third-order valence-electron chi connectivity index (χ3n) is 3.14. The van der Waals surface area contributed by atoms with E-state index in [9.17, 15) is 4.79 Å². The summed E-state index contributed by atoms with van der Waals surface area (Å²) < 4.78 is 5.42. The predicted molar refractivity (Wildman–Crippen MR) is 84.5 cm³/mol. The molecule has 0 bridgehead atoms. The van der Waals surface area contributed by atoms with Gasteiger partial charge in [0.2, 0.25) is 0 Å². The molecule has 114 valence electrons. The number of nitrogens with one attached hydrogen (secondary N) is 1. The fraction of sp³-hybridized carbons (Fsp3) is 0.500. The molecule has 0 spiro atoms. The first-order valence-corrected chi connectivity index (χ1v) is 7.29. The van der Waals surface area contributed by atoms with Gasteiger partial charge < -0.3 is 9.64 Å². The summed E-state index contributed by atoms with van der Waals surface area (Å²) >= 11 is 0. The Labute approximate surface area is 126 Å². The molecule has 0 aromatic heterocycles. The number of nitrogens with zero attached hydrogens (tertiary/aromatic N) is 2. The molecule has 1 unspecified atom stereocenters. The zero-order valence-electron chi connectivity index (χ0n) is 12.9. The van der Waals surface area contributed by atoms with Crippen LogP contribution < -0.4 is 5.43 Å². The molecule has 1 saturated heterocycles. The van der Waals surface area contributed by atoms with E-state index in [-0.39, 0.29) is 12.1 Å². The van der Waals surface area contributed by atoms with Crippen molar-refractivity contribution in [3.05, 3.63) is 30.3 Å². The van der Waals surface area contributed by atoms with Crippen LogP contribution in [0, 0.1) is 0 Å². The number of carbonyl (C=O) groups is 1. The number of rotatable bonds is 3. The molecule has 0 aliphatic carbocycles. The molecule has 5 nitrogen and oxygen atoms in total. The standard InChI is InChI=1S/C16H23N3O2/c1-16(2,3)21-15(20)19-11-7-10-14(19)12-17-18-13-8-5-4-6-9-13/h4-6,8-9,12,14,18H,7,10-11H2,1-3H3/b17-12+. The molecule has 0 saturated carbocycles. The SMILES string of the molecule is CC(C)(C)OC(=O)N1CCCC1/C=N/Nc1ccccc1. The highest BCUT2D eigenvalue weighted by atomic mass is 16.6. The fourth-order valence-corrected chi connectivity index (χ4v) is 2.21. The number of ether oxygens (including phenoxy) is 1. The van der Waals surface area contributed by atoms with E-state index < -0.39 is 5.60 Å². The van der Waals surface area contributed by atoms with Crippen molar-refractivity contribution >= 4 is 18.0 Å². The normalized spacial score (nSPS) is 19.0. The summed E-state index contributed by atoms with van der Waals surface area (Å²) in [6.45, 7) is 6.35. The second kappa shape index (κ2) is 6.61. The Bertz CT molecular complexity index is 494. The minimum atomic E-state index is -0.469. The van der Waals surface area contributed by atoms with Gasteiger partial charge in [-0.2, -0.15) is 5.10 Å². The maximum absolute atomic E-state index is 12.1. The van der Waals surface area contributed by atoms with Crippen LogP contribution in [0.25, 0.3) is 0 Å². The van der Waals surface area contributed by atoms with Crippen LogP contribution in [-0.4, -0.2) is 35.4 Å². The van der Waals surface area contributed by atoms with Gasteiger partial charge in [-0.1, -0.05) is 18.2 Å². The van der Waals surface area contributed by atoms with E-state index in [0.29, 0.717) is 0 Å². The van der Waals surface area contributed by atoms with Gasteiger partial charge in [0.25, 0.3) is 0 Å². The van der Waals surface area contributed by atoms with E-state index in [1.165, 1.54) is 0 Å². The number of carbonyl (C=O) groups excluding carboxylic acids is 1. The molecule has 0 radical (unpaired) electrons. The molecule has 1 aliphatic heterocycles. The first kappa shape index (κ1) is 15.4. The average molecular weight is 289 g/mol. The molecule has 1 amide bonds. The van der Waals surface area contributed by atoms with Gasteiger partial charge >= 0.3 is 6.09 Å². The molecule has 1 aromatic rings. The van der Waals surface area contributed by atoms with Gasteiger partial charge in [-0.15, -0.1) is 0 Å². The molecule has 1 aromatic carbocycles. The summed E-state index contributed by atoms with van der Waals surface area (Å²) in [4.78, 5) is 13.9. The Morgan fingerprint density at radius 3 is 2.76 bits per heavy atom. The van der Waals surface area contributed by atoms with Gasteiger partial charge in [0.1, 0.15) is 5.60 Å². The van der Waals surface area contributed by atoms with Crippen LogP contribution in [0.4, 0.5) is 10.5 Å². The number of likely N-dealkylation sites (tertiary alicyclic amines) is 1. The second-order valence-corrected chi connectivity index (χ2v) is 6.14. The van der Waals surface area contributed by atoms with Crippen molar-refractivity contribution in [2.24, 2.45) is 5.10 Å². The van der Waals surface area contributed by atoms with E-state index >= 15 is 0 Å². The second-order valence-electron chi connectivity index (χ2n) is 6.14. The molecule has 2 rings (SSSR count). The van der Waals surface area contributed by atoms with E-state index in [1.807, 2.05) is 51.1 Å². The van der Waals surface area contributed by atoms with Gasteiger partial charge in [0, 0.05) is 12.8 Å². The number of hydrogen-bond acceptors (Lipinski definition) is 4. The van der Waals surface area contributed by atoms with Gasteiger partial charge in [0.15, 0.2) is 0 Å². The highest BCUT2D eigenvalue weighted by molar-refractivity contribution is 5.76. The summed E-state index contributed by atoms with van der Waals surface area (Å²) in [6.07, 6.45) is 3.40. The van der Waals surface area contributed by atoms with E-state index in [1.54, 1.807) is 11.1 Å². The summed E-state index contributed by atoms with van der Waals surface area (Å²) in [5.41, 5.74) is 3.43. The van der Waals surface area contributed by atoms with Crippen molar-refractivity contribution in [1.29, 1.82) is 0 Å². The Hall–Kier alpha value is -2.04. The van der Waals surface area contributed by atoms with Crippen LogP contribution in [0.2, 0.25) is 0 Å². The Balaban J connectivity index is 1.91. The first-order valence-electron chi connectivity index (χ1n) is 7.29. The molecule has 1 N–H and O–H groups in total. The topological polar surface area (TPSA) is 53.9 Å². The molecular weight excluding hydrogens is 266 g/mol. The van der Waals surface area contributed by atoms with E-state index in [4.69, 9.17) is 4.74 Å². The van der Waals surface area contributed by atoms with Crippen LogP contribution in [-0.2, 0) is 4.74 Å². The van der Waals surface area contributed by atoms with Crippen molar-refractivity contribution in [3.8, 4) is 0 Å². The molecule has 21 heavy (non-hydrogen) atoms. The highest BCUT2D eigenvalue weighted by Crippen LogP contribution is 2.19. The molecule has 1 heterocycles. The fourth-order valence-electron chi connectivity index (χ4n) is 2.21. The lowest BCUT2D eigenvalue weighted by molar-refractivity contribution is 0.0268. The zero-order valence-corrected chi connectivity index (χ0v) is 12.9. The lowest BCUT2D eigenvalue weighted by atomic mass is 10.2. The number of para-hydroxylation sites is 1. The number of anilines is 1. The quantitative estimate of drug-likeness (QED) is 0.684. The zero-order chi connectivity index (χ0) is 15.3. The summed E-state index contributed by atoms with van der Waals surface area (Å²) in [7, 11) is 0. The maximum atomic E-state index is 12.1. The minimum Gasteiger partial charge on any atom is -0.444 e. The third kappa shape index (κ3) is 4.77. The van der Waals surface area contributed by atoms with Crippen molar-refractivity contribution in [3.63, 3.8) is 0 Å². The van der Waals surface area contributed by atoms with Crippen LogP contribution >= 0.6 is 0 Å². The number of benzene rings is 1. The lowest BCUT2D eigenvalue weighted by Crippen LogP contribution is -2.40. The van der Waals surface area contributed by atoms with Gasteiger partial charge in [-0.05, 0) is 45.7 Å². The summed E-state index contributed by atoms with van der Waals surface area (Å²) in [5.74, 6) is 0. The van der Waals surface area contributed by atoms with Crippen LogP contribution in [0.3, 0.4) is 0 Å². The largest absolute Gasteiger partial charge is 0.444 e. The van der Waals surface area contributed by atoms with Crippen LogP contribution in [0.15, 0.2) is 35.4 Å².